The average molecular weight is 333 g/mol. The van der Waals surface area contributed by atoms with E-state index in [1.807, 2.05) is 31.3 Å². The Balaban J connectivity index is 1.41. The zero-order valence-corrected chi connectivity index (χ0v) is 14.6. The highest BCUT2D eigenvalue weighted by Gasteiger charge is 2.42. The molecule has 1 spiro atoms. The topological polar surface area (TPSA) is 55.3 Å². The summed E-state index contributed by atoms with van der Waals surface area (Å²) in [4.78, 5) is 6.75. The third-order valence-electron chi connectivity index (χ3n) is 4.85. The summed E-state index contributed by atoms with van der Waals surface area (Å²) in [6.45, 7) is 5.18. The van der Waals surface area contributed by atoms with Crippen molar-refractivity contribution in [1.82, 2.24) is 10.2 Å². The molecule has 132 valence electrons. The van der Waals surface area contributed by atoms with E-state index in [-0.39, 0.29) is 0 Å². The van der Waals surface area contributed by atoms with Crippen LogP contribution in [0, 0.1) is 5.41 Å². The predicted molar refractivity (Wildman–Crippen MR) is 93.9 cm³/mol. The minimum Gasteiger partial charge on any atom is -0.497 e. The Kier molecular flexibility index (Phi) is 5.45. The number of hydrogen-bond donors (Lipinski definition) is 1. The summed E-state index contributed by atoms with van der Waals surface area (Å²) in [5.41, 5.74) is 0.344. The van der Waals surface area contributed by atoms with Gasteiger partial charge in [-0.3, -0.25) is 4.99 Å². The van der Waals surface area contributed by atoms with Crippen LogP contribution in [-0.2, 0) is 4.74 Å². The molecule has 1 unspecified atom stereocenters. The molecule has 0 amide bonds. The molecule has 0 aliphatic carbocycles. The Morgan fingerprint density at radius 3 is 2.75 bits per heavy atom. The Morgan fingerprint density at radius 1 is 1.29 bits per heavy atom. The molecule has 0 radical (unpaired) electrons. The maximum Gasteiger partial charge on any atom is 0.193 e. The van der Waals surface area contributed by atoms with Crippen molar-refractivity contribution in [3.8, 4) is 11.5 Å². The summed E-state index contributed by atoms with van der Waals surface area (Å²) >= 11 is 0. The van der Waals surface area contributed by atoms with E-state index in [4.69, 9.17) is 14.2 Å². The first-order chi connectivity index (χ1) is 11.7. The lowest BCUT2D eigenvalue weighted by atomic mass is 9.87. The lowest BCUT2D eigenvalue weighted by Gasteiger charge is -2.24. The minimum absolute atomic E-state index is 0.344. The summed E-state index contributed by atoms with van der Waals surface area (Å²) in [6.07, 6.45) is 2.36. The lowest BCUT2D eigenvalue weighted by Crippen LogP contribution is -2.42. The van der Waals surface area contributed by atoms with Crippen LogP contribution in [0.25, 0.3) is 0 Å². The molecule has 1 aromatic carbocycles. The van der Waals surface area contributed by atoms with E-state index in [9.17, 15) is 0 Å². The quantitative estimate of drug-likeness (QED) is 0.505. The van der Waals surface area contributed by atoms with Gasteiger partial charge in [0.15, 0.2) is 5.96 Å². The van der Waals surface area contributed by atoms with Gasteiger partial charge < -0.3 is 24.4 Å². The third kappa shape index (κ3) is 3.93. The van der Waals surface area contributed by atoms with E-state index in [0.29, 0.717) is 12.0 Å². The molecule has 1 atom stereocenters. The largest absolute Gasteiger partial charge is 0.497 e. The predicted octanol–water partition coefficient (Wildman–Crippen LogP) is 1.76. The van der Waals surface area contributed by atoms with Crippen LogP contribution in [0.2, 0.25) is 0 Å². The Bertz CT molecular complexity index is 553. The highest BCUT2D eigenvalue weighted by molar-refractivity contribution is 5.80. The van der Waals surface area contributed by atoms with Crippen LogP contribution < -0.4 is 14.8 Å². The number of rotatable bonds is 5. The zero-order valence-electron chi connectivity index (χ0n) is 14.6. The van der Waals surface area contributed by atoms with Gasteiger partial charge in [0.2, 0.25) is 0 Å². The molecule has 2 saturated heterocycles. The number of nitrogens with zero attached hydrogens (tertiary/aromatic N) is 2. The van der Waals surface area contributed by atoms with Gasteiger partial charge in [-0.15, -0.1) is 0 Å². The summed E-state index contributed by atoms with van der Waals surface area (Å²) in [5.74, 6) is 2.63. The van der Waals surface area contributed by atoms with Crippen molar-refractivity contribution in [2.75, 3.05) is 53.6 Å². The maximum atomic E-state index is 5.74. The van der Waals surface area contributed by atoms with E-state index >= 15 is 0 Å². The van der Waals surface area contributed by atoms with Gasteiger partial charge in [-0.2, -0.15) is 0 Å². The van der Waals surface area contributed by atoms with Gasteiger partial charge in [0.25, 0.3) is 0 Å². The first-order valence-corrected chi connectivity index (χ1v) is 8.55. The van der Waals surface area contributed by atoms with Crippen LogP contribution in [0.15, 0.2) is 29.3 Å². The number of guanidine groups is 1. The fourth-order valence-electron chi connectivity index (χ4n) is 3.42. The maximum absolute atomic E-state index is 5.74. The van der Waals surface area contributed by atoms with Crippen LogP contribution in [-0.4, -0.2) is 64.5 Å². The SMILES string of the molecule is CN=C(NCCOc1ccc(OC)cc1)N1CCC2(CCOC2)C1. The highest BCUT2D eigenvalue weighted by Crippen LogP contribution is 2.38. The van der Waals surface area contributed by atoms with Crippen molar-refractivity contribution < 1.29 is 14.2 Å². The molecule has 0 bridgehead atoms. The molecule has 1 aromatic rings. The van der Waals surface area contributed by atoms with Crippen LogP contribution >= 0.6 is 0 Å². The molecule has 24 heavy (non-hydrogen) atoms. The molecule has 2 fully saturated rings. The fraction of sp³-hybridized carbons (Fsp3) is 0.611. The monoisotopic (exact) mass is 333 g/mol. The number of nitrogens with one attached hydrogen (secondary N) is 1. The van der Waals surface area contributed by atoms with Crippen molar-refractivity contribution in [3.63, 3.8) is 0 Å². The van der Waals surface area contributed by atoms with Crippen LogP contribution in [0.3, 0.4) is 0 Å². The molecule has 2 aliphatic rings. The molecular formula is C18H27N3O3. The molecule has 6 nitrogen and oxygen atoms in total. The zero-order chi connectivity index (χ0) is 16.8. The second-order valence-corrected chi connectivity index (χ2v) is 6.47. The Hall–Kier alpha value is -1.95. The molecule has 0 saturated carbocycles. The standard InChI is InChI=1S/C18H27N3O3/c1-19-17(21-10-7-18(13-21)8-11-23-14-18)20-9-12-24-16-5-3-15(22-2)4-6-16/h3-6H,7-14H2,1-2H3,(H,19,20). The van der Waals surface area contributed by atoms with Crippen molar-refractivity contribution in [2.45, 2.75) is 12.8 Å². The van der Waals surface area contributed by atoms with Gasteiger partial charge in [-0.25, -0.2) is 0 Å². The normalized spacial score (nSPS) is 23.8. The summed E-state index contributed by atoms with van der Waals surface area (Å²) in [5, 5.41) is 3.40. The molecule has 1 N–H and O–H groups in total. The first-order valence-electron chi connectivity index (χ1n) is 8.55. The van der Waals surface area contributed by atoms with Crippen molar-refractivity contribution in [3.05, 3.63) is 24.3 Å². The van der Waals surface area contributed by atoms with E-state index in [1.165, 1.54) is 12.8 Å². The Labute approximate surface area is 143 Å². The van der Waals surface area contributed by atoms with E-state index in [0.717, 1.165) is 50.3 Å². The summed E-state index contributed by atoms with van der Waals surface area (Å²) in [6, 6.07) is 7.63. The molecule has 3 rings (SSSR count). The lowest BCUT2D eigenvalue weighted by molar-refractivity contribution is 0.156. The first kappa shape index (κ1) is 16.9. The molecule has 2 heterocycles. The van der Waals surface area contributed by atoms with Crippen LogP contribution in [0.4, 0.5) is 0 Å². The van der Waals surface area contributed by atoms with Gasteiger partial charge in [0.1, 0.15) is 18.1 Å². The van der Waals surface area contributed by atoms with Gasteiger partial charge in [0, 0.05) is 32.2 Å². The van der Waals surface area contributed by atoms with E-state index in [2.05, 4.69) is 15.2 Å². The minimum atomic E-state index is 0.344. The molecular weight excluding hydrogens is 306 g/mol. The number of methoxy groups -OCH3 is 1. The van der Waals surface area contributed by atoms with E-state index in [1.54, 1.807) is 7.11 Å². The fourth-order valence-corrected chi connectivity index (χ4v) is 3.42. The van der Waals surface area contributed by atoms with E-state index < -0.39 is 0 Å². The average Bonchev–Trinajstić information content (AvgIpc) is 3.26. The second-order valence-electron chi connectivity index (χ2n) is 6.47. The van der Waals surface area contributed by atoms with Crippen molar-refractivity contribution in [1.29, 1.82) is 0 Å². The van der Waals surface area contributed by atoms with Crippen LogP contribution in [0.1, 0.15) is 12.8 Å². The second kappa shape index (κ2) is 7.75. The molecule has 6 heteroatoms. The van der Waals surface area contributed by atoms with Crippen LogP contribution in [0.5, 0.6) is 11.5 Å². The van der Waals surface area contributed by atoms with Gasteiger partial charge in [-0.1, -0.05) is 0 Å². The number of ether oxygens (including phenoxy) is 3. The smallest absolute Gasteiger partial charge is 0.193 e. The Morgan fingerprint density at radius 2 is 2.08 bits per heavy atom. The van der Waals surface area contributed by atoms with Crippen molar-refractivity contribution in [2.24, 2.45) is 10.4 Å². The number of benzene rings is 1. The summed E-state index contributed by atoms with van der Waals surface area (Å²) in [7, 11) is 3.49. The van der Waals surface area contributed by atoms with Gasteiger partial charge in [-0.05, 0) is 37.1 Å². The molecule has 0 aromatic heterocycles. The van der Waals surface area contributed by atoms with Gasteiger partial charge >= 0.3 is 0 Å². The number of aliphatic imine (C=N–C) groups is 1. The van der Waals surface area contributed by atoms with Crippen molar-refractivity contribution >= 4 is 5.96 Å². The highest BCUT2D eigenvalue weighted by atomic mass is 16.5. The van der Waals surface area contributed by atoms with Gasteiger partial charge in [0.05, 0.1) is 20.3 Å². The number of hydrogen-bond acceptors (Lipinski definition) is 4. The number of likely N-dealkylation sites (tertiary alicyclic amines) is 1. The third-order valence-corrected chi connectivity index (χ3v) is 4.85. The molecule has 2 aliphatic heterocycles. The summed E-state index contributed by atoms with van der Waals surface area (Å²) < 4.78 is 16.5.